The zero-order valence-electron chi connectivity index (χ0n) is 8.42. The van der Waals surface area contributed by atoms with Gasteiger partial charge in [0.15, 0.2) is 0 Å². The predicted octanol–water partition coefficient (Wildman–Crippen LogP) is 1.69. The first-order chi connectivity index (χ1) is 7.24. The van der Waals surface area contributed by atoms with E-state index < -0.39 is 0 Å². The largest absolute Gasteiger partial charge is 0.397 e. The van der Waals surface area contributed by atoms with Crippen molar-refractivity contribution in [3.05, 3.63) is 36.3 Å². The fourth-order valence-corrected chi connectivity index (χ4v) is 1.91. The molecule has 0 aliphatic heterocycles. The van der Waals surface area contributed by atoms with E-state index in [-0.39, 0.29) is 0 Å². The zero-order chi connectivity index (χ0) is 10.7. The Balaban J connectivity index is 1.96. The van der Waals surface area contributed by atoms with Crippen LogP contribution in [0.1, 0.15) is 5.69 Å². The number of nitrogens with two attached hydrogens (primary N) is 1. The van der Waals surface area contributed by atoms with Gasteiger partial charge in [0.05, 0.1) is 22.6 Å². The van der Waals surface area contributed by atoms with Crippen molar-refractivity contribution in [2.75, 3.05) is 5.73 Å². The van der Waals surface area contributed by atoms with Gasteiger partial charge in [-0.15, -0.1) is 0 Å². The lowest BCUT2D eigenvalue weighted by atomic mass is 10.4. The number of nitrogen functional groups attached to an aromatic ring is 1. The molecule has 0 aliphatic rings. The van der Waals surface area contributed by atoms with Gasteiger partial charge in [0.2, 0.25) is 0 Å². The standard InChI is InChI=1S/C10H12N4S/c1-14-5-4-9(13-14)7-15-10-3-2-8(11)6-12-10/h2-6H,7,11H2,1H3. The third-order valence-electron chi connectivity index (χ3n) is 1.90. The Morgan fingerprint density at radius 3 is 2.87 bits per heavy atom. The minimum atomic E-state index is 0.692. The molecule has 5 heteroatoms. The molecule has 2 aromatic heterocycles. The maximum Gasteiger partial charge on any atom is 0.0965 e. The highest BCUT2D eigenvalue weighted by molar-refractivity contribution is 7.98. The van der Waals surface area contributed by atoms with Crippen LogP contribution in [0.15, 0.2) is 35.6 Å². The molecular weight excluding hydrogens is 208 g/mol. The van der Waals surface area contributed by atoms with E-state index in [2.05, 4.69) is 10.1 Å². The van der Waals surface area contributed by atoms with E-state index in [0.29, 0.717) is 5.69 Å². The van der Waals surface area contributed by atoms with Crippen LogP contribution in [0.4, 0.5) is 5.69 Å². The molecule has 2 rings (SSSR count). The number of hydrogen-bond donors (Lipinski definition) is 1. The molecule has 4 nitrogen and oxygen atoms in total. The van der Waals surface area contributed by atoms with Gasteiger partial charge >= 0.3 is 0 Å². The van der Waals surface area contributed by atoms with Gasteiger partial charge in [-0.3, -0.25) is 4.68 Å². The van der Waals surface area contributed by atoms with Crippen molar-refractivity contribution in [2.24, 2.45) is 7.05 Å². The second-order valence-corrected chi connectivity index (χ2v) is 4.19. The number of aromatic nitrogens is 3. The molecule has 0 atom stereocenters. The average Bonchev–Trinajstić information content (AvgIpc) is 2.64. The van der Waals surface area contributed by atoms with Gasteiger partial charge in [0.1, 0.15) is 0 Å². The first-order valence-corrected chi connectivity index (χ1v) is 5.55. The maximum absolute atomic E-state index is 5.55. The first kappa shape index (κ1) is 10.0. The Morgan fingerprint density at radius 2 is 2.27 bits per heavy atom. The van der Waals surface area contributed by atoms with Gasteiger partial charge in [-0.05, 0) is 18.2 Å². The summed E-state index contributed by atoms with van der Waals surface area (Å²) in [6.07, 6.45) is 3.60. The van der Waals surface area contributed by atoms with E-state index in [1.54, 1.807) is 22.6 Å². The first-order valence-electron chi connectivity index (χ1n) is 4.57. The third kappa shape index (κ3) is 2.73. The van der Waals surface area contributed by atoms with Gasteiger partial charge in [0.25, 0.3) is 0 Å². The number of nitrogens with zero attached hydrogens (tertiary/aromatic N) is 3. The molecule has 0 aliphatic carbocycles. The Labute approximate surface area is 92.5 Å². The molecule has 0 saturated heterocycles. The maximum atomic E-state index is 5.55. The highest BCUT2D eigenvalue weighted by atomic mass is 32.2. The summed E-state index contributed by atoms with van der Waals surface area (Å²) in [6.45, 7) is 0. The summed E-state index contributed by atoms with van der Waals surface area (Å²) in [6, 6.07) is 5.78. The Bertz CT molecular complexity index is 435. The van der Waals surface area contributed by atoms with Crippen LogP contribution in [-0.4, -0.2) is 14.8 Å². The van der Waals surface area contributed by atoms with Crippen molar-refractivity contribution in [1.29, 1.82) is 0 Å². The molecule has 0 unspecified atom stereocenters. The minimum absolute atomic E-state index is 0.692. The Hall–Kier alpha value is -1.49. The number of pyridine rings is 1. The second-order valence-electron chi connectivity index (χ2n) is 3.20. The van der Waals surface area contributed by atoms with Crippen LogP contribution in [0.2, 0.25) is 0 Å². The van der Waals surface area contributed by atoms with Crippen molar-refractivity contribution < 1.29 is 0 Å². The molecule has 2 heterocycles. The van der Waals surface area contributed by atoms with E-state index in [4.69, 9.17) is 5.73 Å². The van der Waals surface area contributed by atoms with Crippen LogP contribution >= 0.6 is 11.8 Å². The zero-order valence-corrected chi connectivity index (χ0v) is 9.24. The van der Waals surface area contributed by atoms with Crippen LogP contribution in [0.3, 0.4) is 0 Å². The molecule has 0 amide bonds. The smallest absolute Gasteiger partial charge is 0.0965 e. The third-order valence-corrected chi connectivity index (χ3v) is 2.87. The number of aryl methyl sites for hydroxylation is 1. The predicted molar refractivity (Wildman–Crippen MR) is 61.4 cm³/mol. The highest BCUT2D eigenvalue weighted by Crippen LogP contribution is 2.19. The van der Waals surface area contributed by atoms with E-state index in [0.717, 1.165) is 16.5 Å². The Kier molecular flexibility index (Phi) is 2.91. The van der Waals surface area contributed by atoms with Crippen molar-refractivity contribution >= 4 is 17.4 Å². The molecule has 0 bridgehead atoms. The molecule has 0 fully saturated rings. The van der Waals surface area contributed by atoms with Crippen LogP contribution in [0.25, 0.3) is 0 Å². The molecule has 2 aromatic rings. The summed E-state index contributed by atoms with van der Waals surface area (Å²) in [5.74, 6) is 0.831. The van der Waals surface area contributed by atoms with Crippen LogP contribution < -0.4 is 5.73 Å². The topological polar surface area (TPSA) is 56.7 Å². The summed E-state index contributed by atoms with van der Waals surface area (Å²) in [5, 5.41) is 5.25. The number of thioether (sulfide) groups is 1. The van der Waals surface area contributed by atoms with Crippen molar-refractivity contribution in [1.82, 2.24) is 14.8 Å². The monoisotopic (exact) mass is 220 g/mol. The van der Waals surface area contributed by atoms with Crippen molar-refractivity contribution in [3.8, 4) is 0 Å². The molecule has 0 aromatic carbocycles. The minimum Gasteiger partial charge on any atom is -0.397 e. The summed E-state index contributed by atoms with van der Waals surface area (Å²) < 4.78 is 1.80. The lowest BCUT2D eigenvalue weighted by Gasteiger charge is -1.98. The normalized spacial score (nSPS) is 10.5. The molecule has 0 spiro atoms. The average molecular weight is 220 g/mol. The Morgan fingerprint density at radius 1 is 1.40 bits per heavy atom. The van der Waals surface area contributed by atoms with E-state index in [1.165, 1.54) is 0 Å². The molecule has 0 saturated carbocycles. The number of rotatable bonds is 3. The van der Waals surface area contributed by atoms with Crippen LogP contribution in [0, 0.1) is 0 Å². The van der Waals surface area contributed by atoms with Crippen molar-refractivity contribution in [2.45, 2.75) is 10.8 Å². The molecule has 0 radical (unpaired) electrons. The van der Waals surface area contributed by atoms with E-state index in [9.17, 15) is 0 Å². The quantitative estimate of drug-likeness (QED) is 0.800. The molecular formula is C10H12N4S. The van der Waals surface area contributed by atoms with Crippen LogP contribution in [-0.2, 0) is 12.8 Å². The fourth-order valence-electron chi connectivity index (χ4n) is 1.17. The van der Waals surface area contributed by atoms with Crippen molar-refractivity contribution in [3.63, 3.8) is 0 Å². The molecule has 15 heavy (non-hydrogen) atoms. The lowest BCUT2D eigenvalue weighted by Crippen LogP contribution is -1.90. The second kappa shape index (κ2) is 4.35. The summed E-state index contributed by atoms with van der Waals surface area (Å²) in [4.78, 5) is 4.20. The van der Waals surface area contributed by atoms with E-state index in [1.807, 2.05) is 31.4 Å². The number of anilines is 1. The van der Waals surface area contributed by atoms with E-state index >= 15 is 0 Å². The fraction of sp³-hybridized carbons (Fsp3) is 0.200. The SMILES string of the molecule is Cn1ccc(CSc2ccc(N)cn2)n1. The summed E-state index contributed by atoms with van der Waals surface area (Å²) in [5.41, 5.74) is 7.30. The number of hydrogen-bond acceptors (Lipinski definition) is 4. The van der Waals surface area contributed by atoms with Gasteiger partial charge in [-0.2, -0.15) is 5.10 Å². The molecule has 78 valence electrons. The van der Waals surface area contributed by atoms with Gasteiger partial charge in [-0.25, -0.2) is 4.98 Å². The summed E-state index contributed by atoms with van der Waals surface area (Å²) >= 11 is 1.65. The molecule has 2 N–H and O–H groups in total. The summed E-state index contributed by atoms with van der Waals surface area (Å²) in [7, 11) is 1.91. The van der Waals surface area contributed by atoms with Gasteiger partial charge in [0, 0.05) is 19.0 Å². The van der Waals surface area contributed by atoms with Gasteiger partial charge < -0.3 is 5.73 Å². The van der Waals surface area contributed by atoms with Gasteiger partial charge in [-0.1, -0.05) is 11.8 Å². The van der Waals surface area contributed by atoms with Crippen LogP contribution in [0.5, 0.6) is 0 Å². The highest BCUT2D eigenvalue weighted by Gasteiger charge is 1.99. The lowest BCUT2D eigenvalue weighted by molar-refractivity contribution is 0.755.